The molecule has 30 heavy (non-hydrogen) atoms. The van der Waals surface area contributed by atoms with Crippen LogP contribution in [0, 0.1) is 0 Å². The Bertz CT molecular complexity index is 1030. The number of benzene rings is 2. The smallest absolute Gasteiger partial charge is 0.340 e. The quantitative estimate of drug-likeness (QED) is 0.501. The summed E-state index contributed by atoms with van der Waals surface area (Å²) in [5.41, 5.74) is 0.825. The first kappa shape index (κ1) is 21.7. The lowest BCUT2D eigenvalue weighted by Crippen LogP contribution is -2.27. The molecule has 0 saturated carbocycles. The number of hydrogen-bond acceptors (Lipinski definition) is 7. The molecule has 156 valence electrons. The molecule has 9 heteroatoms. The van der Waals surface area contributed by atoms with E-state index in [1.807, 2.05) is 6.92 Å². The first-order valence-corrected chi connectivity index (χ1v) is 10.1. The summed E-state index contributed by atoms with van der Waals surface area (Å²) < 4.78 is 16.2. The van der Waals surface area contributed by atoms with Crippen LogP contribution in [0.5, 0.6) is 17.2 Å². The zero-order valence-corrected chi connectivity index (χ0v) is 18.1. The molecular formula is C21H19NO6S2. The van der Waals surface area contributed by atoms with E-state index >= 15 is 0 Å². The molecule has 0 aromatic heterocycles. The number of ether oxygens (including phenoxy) is 3. The molecule has 0 bridgehead atoms. The van der Waals surface area contributed by atoms with E-state index in [2.05, 4.69) is 0 Å². The number of aromatic carboxylic acids is 1. The molecule has 1 aliphatic rings. The number of carbonyl (C=O) groups is 2. The number of anilines is 1. The SMILES string of the molecule is CCOc1ccc(N2C(=O)C(=Cc3ccc(OC)c(OC)c3C(=O)O)SC2=S)cc1. The lowest BCUT2D eigenvalue weighted by molar-refractivity contribution is -0.113. The summed E-state index contributed by atoms with van der Waals surface area (Å²) in [5, 5.41) is 9.68. The molecule has 1 fully saturated rings. The number of thiocarbonyl (C=S) groups is 1. The number of nitrogens with zero attached hydrogens (tertiary/aromatic N) is 1. The highest BCUT2D eigenvalue weighted by molar-refractivity contribution is 8.27. The first-order valence-electron chi connectivity index (χ1n) is 8.90. The second kappa shape index (κ2) is 9.19. The third-order valence-electron chi connectivity index (χ3n) is 4.28. The van der Waals surface area contributed by atoms with Crippen LogP contribution in [0.15, 0.2) is 41.3 Å². The number of amides is 1. The fourth-order valence-corrected chi connectivity index (χ4v) is 4.26. The maximum atomic E-state index is 13.0. The second-order valence-corrected chi connectivity index (χ2v) is 7.69. The molecule has 2 aromatic rings. The van der Waals surface area contributed by atoms with Crippen LogP contribution in [0.4, 0.5) is 5.69 Å². The lowest BCUT2D eigenvalue weighted by atomic mass is 10.0. The minimum Gasteiger partial charge on any atom is -0.494 e. The molecular weight excluding hydrogens is 426 g/mol. The van der Waals surface area contributed by atoms with Crippen molar-refractivity contribution >= 4 is 51.9 Å². The van der Waals surface area contributed by atoms with Gasteiger partial charge in [-0.2, -0.15) is 0 Å². The van der Waals surface area contributed by atoms with Gasteiger partial charge in [0, 0.05) is 0 Å². The molecule has 2 aromatic carbocycles. The highest BCUT2D eigenvalue weighted by atomic mass is 32.2. The normalized spacial score (nSPS) is 14.9. The van der Waals surface area contributed by atoms with Crippen LogP contribution in [-0.2, 0) is 4.79 Å². The van der Waals surface area contributed by atoms with Crippen LogP contribution in [0.25, 0.3) is 6.08 Å². The molecule has 1 saturated heterocycles. The number of rotatable bonds is 7. The minimum absolute atomic E-state index is 0.0840. The van der Waals surface area contributed by atoms with E-state index in [4.69, 9.17) is 26.4 Å². The number of thioether (sulfide) groups is 1. The third-order valence-corrected chi connectivity index (χ3v) is 5.58. The largest absolute Gasteiger partial charge is 0.494 e. The van der Waals surface area contributed by atoms with Gasteiger partial charge in [0.1, 0.15) is 11.3 Å². The third kappa shape index (κ3) is 4.12. The Morgan fingerprint density at radius 1 is 1.17 bits per heavy atom. The van der Waals surface area contributed by atoms with Gasteiger partial charge in [0.2, 0.25) is 0 Å². The maximum absolute atomic E-state index is 13.0. The highest BCUT2D eigenvalue weighted by Gasteiger charge is 2.34. The van der Waals surface area contributed by atoms with Crippen molar-refractivity contribution in [2.24, 2.45) is 0 Å². The van der Waals surface area contributed by atoms with Crippen molar-refractivity contribution in [2.75, 3.05) is 25.7 Å². The summed E-state index contributed by atoms with van der Waals surface area (Å²) in [5.74, 6) is -0.465. The van der Waals surface area contributed by atoms with Gasteiger partial charge in [0.25, 0.3) is 5.91 Å². The number of carbonyl (C=O) groups excluding carboxylic acids is 1. The van der Waals surface area contributed by atoms with Gasteiger partial charge in [0.05, 0.1) is 31.4 Å². The van der Waals surface area contributed by atoms with Crippen molar-refractivity contribution in [1.29, 1.82) is 0 Å². The van der Waals surface area contributed by atoms with Crippen molar-refractivity contribution in [3.63, 3.8) is 0 Å². The Kier molecular flexibility index (Phi) is 6.63. The van der Waals surface area contributed by atoms with E-state index in [1.165, 1.54) is 25.2 Å². The van der Waals surface area contributed by atoms with E-state index in [0.29, 0.717) is 32.8 Å². The lowest BCUT2D eigenvalue weighted by Gasteiger charge is -2.15. The number of carboxylic acids is 1. The Hall–Kier alpha value is -3.04. The maximum Gasteiger partial charge on any atom is 0.340 e. The zero-order valence-electron chi connectivity index (χ0n) is 16.5. The summed E-state index contributed by atoms with van der Waals surface area (Å²) in [6, 6.07) is 10.2. The van der Waals surface area contributed by atoms with Gasteiger partial charge in [-0.1, -0.05) is 30.0 Å². The molecule has 1 aliphatic heterocycles. The molecule has 3 rings (SSSR count). The van der Waals surface area contributed by atoms with E-state index in [0.717, 1.165) is 11.8 Å². The van der Waals surface area contributed by atoms with Gasteiger partial charge >= 0.3 is 5.97 Å². The fraction of sp³-hybridized carbons (Fsp3) is 0.190. The highest BCUT2D eigenvalue weighted by Crippen LogP contribution is 2.39. The van der Waals surface area contributed by atoms with Crippen LogP contribution in [0.1, 0.15) is 22.8 Å². The molecule has 0 radical (unpaired) electrons. The summed E-state index contributed by atoms with van der Waals surface area (Å²) >= 11 is 6.49. The van der Waals surface area contributed by atoms with Gasteiger partial charge in [-0.25, -0.2) is 4.79 Å². The monoisotopic (exact) mass is 445 g/mol. The van der Waals surface area contributed by atoms with Gasteiger partial charge < -0.3 is 19.3 Å². The fourth-order valence-electron chi connectivity index (χ4n) is 2.97. The van der Waals surface area contributed by atoms with Gasteiger partial charge in [-0.05, 0) is 48.9 Å². The molecule has 1 heterocycles. The van der Waals surface area contributed by atoms with Gasteiger partial charge in [-0.15, -0.1) is 0 Å². The zero-order chi connectivity index (χ0) is 21.8. The Labute approximate surface area is 183 Å². The Balaban J connectivity index is 1.99. The van der Waals surface area contributed by atoms with Crippen molar-refractivity contribution in [2.45, 2.75) is 6.92 Å². The Morgan fingerprint density at radius 2 is 1.87 bits per heavy atom. The van der Waals surface area contributed by atoms with Crippen molar-refractivity contribution in [1.82, 2.24) is 0 Å². The van der Waals surface area contributed by atoms with Crippen LogP contribution < -0.4 is 19.1 Å². The minimum atomic E-state index is -1.20. The summed E-state index contributed by atoms with van der Waals surface area (Å²) in [4.78, 5) is 26.6. The summed E-state index contributed by atoms with van der Waals surface area (Å²) in [6.07, 6.45) is 1.50. The van der Waals surface area contributed by atoms with E-state index in [9.17, 15) is 14.7 Å². The second-order valence-electron chi connectivity index (χ2n) is 6.01. The first-order chi connectivity index (χ1) is 14.4. The molecule has 0 atom stereocenters. The van der Waals surface area contributed by atoms with E-state index < -0.39 is 5.97 Å². The predicted octanol–water partition coefficient (Wildman–Crippen LogP) is 4.21. The molecule has 7 nitrogen and oxygen atoms in total. The molecule has 1 amide bonds. The number of hydrogen-bond donors (Lipinski definition) is 1. The number of methoxy groups -OCH3 is 2. The average Bonchev–Trinajstić information content (AvgIpc) is 3.01. The predicted molar refractivity (Wildman–Crippen MR) is 120 cm³/mol. The summed E-state index contributed by atoms with van der Waals surface area (Å²) in [6.45, 7) is 2.43. The summed E-state index contributed by atoms with van der Waals surface area (Å²) in [7, 11) is 2.78. The van der Waals surface area contributed by atoms with Gasteiger partial charge in [0.15, 0.2) is 15.8 Å². The van der Waals surface area contributed by atoms with Crippen LogP contribution in [0.3, 0.4) is 0 Å². The molecule has 1 N–H and O–H groups in total. The molecule has 0 spiro atoms. The van der Waals surface area contributed by atoms with Crippen LogP contribution in [0.2, 0.25) is 0 Å². The topological polar surface area (TPSA) is 85.3 Å². The molecule has 0 unspecified atom stereocenters. The van der Waals surface area contributed by atoms with Crippen molar-refractivity contribution in [3.05, 3.63) is 52.4 Å². The number of carboxylic acid groups (broad SMARTS) is 1. The average molecular weight is 446 g/mol. The van der Waals surface area contributed by atoms with Crippen molar-refractivity contribution in [3.8, 4) is 17.2 Å². The van der Waals surface area contributed by atoms with Crippen LogP contribution in [-0.4, -0.2) is 42.1 Å². The van der Waals surface area contributed by atoms with Gasteiger partial charge in [-0.3, -0.25) is 9.69 Å². The van der Waals surface area contributed by atoms with Crippen molar-refractivity contribution < 1.29 is 28.9 Å². The Morgan fingerprint density at radius 3 is 2.43 bits per heavy atom. The van der Waals surface area contributed by atoms with E-state index in [-0.39, 0.29) is 23.0 Å². The van der Waals surface area contributed by atoms with Crippen LogP contribution >= 0.6 is 24.0 Å². The van der Waals surface area contributed by atoms with E-state index in [1.54, 1.807) is 36.4 Å². The standard InChI is InChI=1S/C21H19NO6S2/c1-4-28-14-8-6-13(7-9-14)22-19(23)16(30-21(22)29)11-12-5-10-15(26-2)18(27-3)17(12)20(24)25/h5-11H,4H2,1-3H3,(H,24,25). The molecule has 0 aliphatic carbocycles.